The van der Waals surface area contributed by atoms with Crippen LogP contribution in [0.3, 0.4) is 0 Å². The summed E-state index contributed by atoms with van der Waals surface area (Å²) in [5, 5.41) is 10.2. The number of pyridine rings is 1. The average molecular weight is 289 g/mol. The number of thioether (sulfide) groups is 1. The van der Waals surface area contributed by atoms with Crippen LogP contribution in [0.25, 0.3) is 17.0 Å². The van der Waals surface area contributed by atoms with E-state index in [1.54, 1.807) is 30.7 Å². The third kappa shape index (κ3) is 2.84. The topological polar surface area (TPSA) is 59.4 Å². The highest BCUT2D eigenvalue weighted by molar-refractivity contribution is 8.00. The van der Waals surface area contributed by atoms with E-state index in [0.29, 0.717) is 12.0 Å². The Hall–Kier alpha value is -1.85. The van der Waals surface area contributed by atoms with Crippen LogP contribution < -0.4 is 4.74 Å². The molecule has 20 heavy (non-hydrogen) atoms. The Morgan fingerprint density at radius 2 is 2.30 bits per heavy atom. The highest BCUT2D eigenvalue weighted by Crippen LogP contribution is 2.28. The Labute approximate surface area is 121 Å². The summed E-state index contributed by atoms with van der Waals surface area (Å²) in [7, 11) is 0. The van der Waals surface area contributed by atoms with Gasteiger partial charge in [-0.1, -0.05) is 12.7 Å². The number of carbonyl (C=O) groups is 1. The van der Waals surface area contributed by atoms with Gasteiger partial charge in [0.25, 0.3) is 0 Å². The van der Waals surface area contributed by atoms with Crippen molar-refractivity contribution in [3.63, 3.8) is 0 Å². The van der Waals surface area contributed by atoms with Gasteiger partial charge in [-0.3, -0.25) is 9.78 Å². The summed E-state index contributed by atoms with van der Waals surface area (Å²) < 4.78 is 5.62. The van der Waals surface area contributed by atoms with Crippen LogP contribution >= 0.6 is 11.8 Å². The largest absolute Gasteiger partial charge is 0.467 e. The lowest BCUT2D eigenvalue weighted by molar-refractivity contribution is -0.117. The number of aliphatic hydroxyl groups excluding tert-OH is 1. The molecule has 0 radical (unpaired) electrons. The van der Waals surface area contributed by atoms with Gasteiger partial charge in [-0.15, -0.1) is 11.8 Å². The zero-order valence-electron chi connectivity index (χ0n) is 11.1. The van der Waals surface area contributed by atoms with Crippen LogP contribution in [0, 0.1) is 0 Å². The molecular formula is C15H15NO3S. The molecule has 1 unspecified atom stereocenters. The van der Waals surface area contributed by atoms with Crippen LogP contribution in [-0.2, 0) is 4.79 Å². The van der Waals surface area contributed by atoms with Crippen molar-refractivity contribution in [2.24, 2.45) is 0 Å². The fourth-order valence-electron chi connectivity index (χ4n) is 1.75. The van der Waals surface area contributed by atoms with Gasteiger partial charge in [0.15, 0.2) is 6.29 Å². The second kappa shape index (κ2) is 6.07. The van der Waals surface area contributed by atoms with Gasteiger partial charge in [0.05, 0.1) is 12.1 Å². The third-order valence-electron chi connectivity index (χ3n) is 2.95. The molecule has 0 bridgehead atoms. The maximum atomic E-state index is 11.1. The van der Waals surface area contributed by atoms with Crippen LogP contribution in [0.2, 0.25) is 0 Å². The van der Waals surface area contributed by atoms with E-state index in [4.69, 9.17) is 4.74 Å². The number of fused-ring (bicyclic) bond motifs is 1. The van der Waals surface area contributed by atoms with E-state index < -0.39 is 4.93 Å². The predicted molar refractivity (Wildman–Crippen MR) is 81.9 cm³/mol. The molecule has 0 saturated heterocycles. The van der Waals surface area contributed by atoms with Gasteiger partial charge >= 0.3 is 0 Å². The van der Waals surface area contributed by atoms with E-state index in [-0.39, 0.29) is 6.61 Å². The van der Waals surface area contributed by atoms with E-state index >= 15 is 0 Å². The average Bonchev–Trinajstić information content (AvgIpc) is 2.52. The van der Waals surface area contributed by atoms with Crippen molar-refractivity contribution in [2.75, 3.05) is 12.9 Å². The molecule has 0 amide bonds. The second-order valence-corrected chi connectivity index (χ2v) is 5.32. The number of hydrogen-bond acceptors (Lipinski definition) is 5. The Balaban J connectivity index is 2.40. The number of hydrogen-bond donors (Lipinski definition) is 1. The molecule has 0 fully saturated rings. The van der Waals surface area contributed by atoms with E-state index in [2.05, 4.69) is 11.6 Å². The Kier molecular flexibility index (Phi) is 4.42. The minimum absolute atomic E-state index is 0.388. The quantitative estimate of drug-likeness (QED) is 0.654. The van der Waals surface area contributed by atoms with Crippen molar-refractivity contribution in [1.29, 1.82) is 0 Å². The molecule has 1 aromatic heterocycles. The molecule has 0 aliphatic heterocycles. The van der Waals surface area contributed by atoms with Crippen LogP contribution in [0.4, 0.5) is 0 Å². The van der Waals surface area contributed by atoms with E-state index in [0.717, 1.165) is 28.2 Å². The van der Waals surface area contributed by atoms with Crippen LogP contribution in [-0.4, -0.2) is 34.2 Å². The van der Waals surface area contributed by atoms with Crippen LogP contribution in [0.1, 0.15) is 5.56 Å². The molecule has 1 aromatic carbocycles. The van der Waals surface area contributed by atoms with Gasteiger partial charge in [-0.25, -0.2) is 0 Å². The van der Waals surface area contributed by atoms with Gasteiger partial charge in [-0.2, -0.15) is 0 Å². The molecular weight excluding hydrogens is 274 g/mol. The molecule has 0 saturated carbocycles. The Morgan fingerprint density at radius 3 is 2.90 bits per heavy atom. The summed E-state index contributed by atoms with van der Waals surface area (Å²) in [6.45, 7) is 3.32. The standard InChI is InChI=1S/C15H15NO3S/c1-3-11-6-12-7-13(4-5-14(12)16-8-11)19-15(9-17,10-18)20-2/h3-9,18H,1,10H2,2H3. The lowest BCUT2D eigenvalue weighted by Crippen LogP contribution is -2.37. The minimum atomic E-state index is -1.27. The Bertz CT molecular complexity index is 638. The second-order valence-electron chi connectivity index (χ2n) is 4.22. The smallest absolute Gasteiger partial charge is 0.232 e. The number of aromatic nitrogens is 1. The first kappa shape index (κ1) is 14.6. The number of rotatable bonds is 6. The number of ether oxygens (including phenoxy) is 1. The normalized spacial score (nSPS) is 13.7. The van der Waals surface area contributed by atoms with Crippen molar-refractivity contribution in [3.8, 4) is 5.75 Å². The lowest BCUT2D eigenvalue weighted by atomic mass is 10.1. The van der Waals surface area contributed by atoms with Crippen molar-refractivity contribution in [3.05, 3.63) is 42.6 Å². The van der Waals surface area contributed by atoms with Crippen molar-refractivity contribution >= 4 is 35.0 Å². The zero-order chi connectivity index (χ0) is 14.6. The molecule has 1 heterocycles. The molecule has 2 rings (SSSR count). The van der Waals surface area contributed by atoms with Gasteiger partial charge in [0.1, 0.15) is 5.75 Å². The number of nitrogens with zero attached hydrogens (tertiary/aromatic N) is 1. The third-order valence-corrected chi connectivity index (χ3v) is 3.95. The predicted octanol–water partition coefficient (Wildman–Crippen LogP) is 2.51. The van der Waals surface area contributed by atoms with Gasteiger partial charge in [0, 0.05) is 11.6 Å². The zero-order valence-corrected chi connectivity index (χ0v) is 11.9. The Morgan fingerprint density at radius 1 is 1.50 bits per heavy atom. The summed E-state index contributed by atoms with van der Waals surface area (Å²) in [6.07, 6.45) is 5.77. The van der Waals surface area contributed by atoms with E-state index in [9.17, 15) is 9.90 Å². The summed E-state index contributed by atoms with van der Waals surface area (Å²) in [5.74, 6) is 0.510. The van der Waals surface area contributed by atoms with Crippen LogP contribution in [0.15, 0.2) is 37.0 Å². The molecule has 2 aromatic rings. The first-order valence-corrected chi connectivity index (χ1v) is 7.22. The van der Waals surface area contributed by atoms with Gasteiger partial charge in [0.2, 0.25) is 4.93 Å². The number of aldehydes is 1. The molecule has 1 atom stereocenters. The molecule has 0 spiro atoms. The maximum absolute atomic E-state index is 11.1. The number of aliphatic hydroxyl groups is 1. The van der Waals surface area contributed by atoms with Gasteiger partial charge < -0.3 is 9.84 Å². The lowest BCUT2D eigenvalue weighted by Gasteiger charge is -2.24. The summed E-state index contributed by atoms with van der Waals surface area (Å²) in [6, 6.07) is 7.26. The first-order chi connectivity index (χ1) is 9.66. The van der Waals surface area contributed by atoms with Gasteiger partial charge in [-0.05, 0) is 36.1 Å². The van der Waals surface area contributed by atoms with E-state index in [1.165, 1.54) is 0 Å². The molecule has 1 N–H and O–H groups in total. The molecule has 104 valence electrons. The van der Waals surface area contributed by atoms with Crippen molar-refractivity contribution in [2.45, 2.75) is 4.93 Å². The highest BCUT2D eigenvalue weighted by Gasteiger charge is 2.30. The fourth-order valence-corrected chi connectivity index (χ4v) is 2.15. The molecule has 0 aliphatic rings. The maximum Gasteiger partial charge on any atom is 0.232 e. The van der Waals surface area contributed by atoms with E-state index in [1.807, 2.05) is 12.1 Å². The van der Waals surface area contributed by atoms with Crippen LogP contribution in [0.5, 0.6) is 5.75 Å². The monoisotopic (exact) mass is 289 g/mol. The van der Waals surface area contributed by atoms with Crippen molar-refractivity contribution in [1.82, 2.24) is 4.98 Å². The molecule has 4 nitrogen and oxygen atoms in total. The fraction of sp³-hybridized carbons (Fsp3) is 0.200. The molecule has 0 aliphatic carbocycles. The SMILES string of the molecule is C=Cc1cnc2ccc(OC(C=O)(CO)SC)cc2c1. The minimum Gasteiger partial charge on any atom is -0.467 e. The number of benzene rings is 1. The first-order valence-electron chi connectivity index (χ1n) is 6.00. The van der Waals surface area contributed by atoms with Crippen molar-refractivity contribution < 1.29 is 14.6 Å². The summed E-state index contributed by atoms with van der Waals surface area (Å²) in [4.78, 5) is 14.2. The number of carbonyl (C=O) groups excluding carboxylic acids is 1. The highest BCUT2D eigenvalue weighted by atomic mass is 32.2. The summed E-state index contributed by atoms with van der Waals surface area (Å²) >= 11 is 1.15. The summed E-state index contributed by atoms with van der Waals surface area (Å²) in [5.41, 5.74) is 1.73. The molecule has 5 heteroatoms.